The van der Waals surface area contributed by atoms with Crippen molar-refractivity contribution >= 4 is 29.8 Å². The molecular weight excluding hydrogens is 344 g/mol. The molecule has 0 rings (SSSR count). The average Bonchev–Trinajstić information content (AvgIpc) is 2.63. The van der Waals surface area contributed by atoms with E-state index in [-0.39, 0.29) is 0 Å². The van der Waals surface area contributed by atoms with Gasteiger partial charge in [-0.05, 0) is 30.8 Å². The lowest BCUT2D eigenvalue weighted by Gasteiger charge is -2.15. The monoisotopic (exact) mass is 388 g/mol. The molecule has 25 heavy (non-hydrogen) atoms. The van der Waals surface area contributed by atoms with E-state index in [4.69, 9.17) is 0 Å². The molecule has 0 aromatic rings. The van der Waals surface area contributed by atoms with Crippen molar-refractivity contribution in [3.63, 3.8) is 0 Å². The molecule has 0 amide bonds. The van der Waals surface area contributed by atoms with Gasteiger partial charge < -0.3 is 4.79 Å². The molecule has 150 valence electrons. The second-order valence-corrected chi connectivity index (χ2v) is 10.1. The lowest BCUT2D eigenvalue weighted by molar-refractivity contribution is -0.107. The Kier molecular flexibility index (Phi) is 22.7. The van der Waals surface area contributed by atoms with Gasteiger partial charge in [-0.3, -0.25) is 0 Å². The molecule has 0 aromatic carbocycles. The number of hydrogen-bond donors (Lipinski definition) is 0. The molecule has 0 aliphatic carbocycles. The molecule has 0 spiro atoms. The summed E-state index contributed by atoms with van der Waals surface area (Å²) in [5, 5.41) is 0. The van der Waals surface area contributed by atoms with E-state index >= 15 is 0 Å². The Labute approximate surface area is 167 Å². The molecule has 0 atom stereocenters. The van der Waals surface area contributed by atoms with Crippen molar-refractivity contribution in [1.82, 2.24) is 0 Å². The third-order valence-corrected chi connectivity index (χ3v) is 7.70. The zero-order valence-corrected chi connectivity index (χ0v) is 18.7. The predicted octanol–water partition coefficient (Wildman–Crippen LogP) is 8.26. The molecule has 0 aliphatic rings. The van der Waals surface area contributed by atoms with Gasteiger partial charge >= 0.3 is 0 Å². The SMILES string of the molecule is CCCCCCCCCSC(CCC=O)SCCCCCCCCC. The summed E-state index contributed by atoms with van der Waals surface area (Å²) in [6.07, 6.45) is 22.3. The standard InChI is InChI=1S/C22H44OS2/c1-3-5-7-9-11-13-15-20-24-22(18-17-19-23)25-21-16-14-12-10-8-6-4-2/h19,22H,3-18,20-21H2,1-2H3. The van der Waals surface area contributed by atoms with Crippen molar-refractivity contribution in [2.75, 3.05) is 11.5 Å². The van der Waals surface area contributed by atoms with Crippen molar-refractivity contribution in [1.29, 1.82) is 0 Å². The number of carbonyl (C=O) groups is 1. The molecule has 0 N–H and O–H groups in total. The highest BCUT2D eigenvalue weighted by Crippen LogP contribution is 2.29. The number of hydrogen-bond acceptors (Lipinski definition) is 3. The van der Waals surface area contributed by atoms with E-state index in [9.17, 15) is 4.79 Å². The van der Waals surface area contributed by atoms with E-state index < -0.39 is 0 Å². The van der Waals surface area contributed by atoms with Crippen molar-refractivity contribution in [3.05, 3.63) is 0 Å². The summed E-state index contributed by atoms with van der Waals surface area (Å²) in [6.45, 7) is 4.56. The number of unbranched alkanes of at least 4 members (excludes halogenated alkanes) is 12. The van der Waals surface area contributed by atoms with Gasteiger partial charge in [0.15, 0.2) is 0 Å². The Bertz CT molecular complexity index is 238. The number of carbonyl (C=O) groups excluding carboxylic acids is 1. The molecule has 0 aromatic heterocycles. The van der Waals surface area contributed by atoms with Gasteiger partial charge in [-0.25, -0.2) is 0 Å². The van der Waals surface area contributed by atoms with Gasteiger partial charge in [-0.15, -0.1) is 23.5 Å². The molecule has 0 heterocycles. The molecule has 0 saturated heterocycles. The largest absolute Gasteiger partial charge is 0.303 e. The van der Waals surface area contributed by atoms with Gasteiger partial charge in [0.25, 0.3) is 0 Å². The van der Waals surface area contributed by atoms with Gasteiger partial charge in [0.1, 0.15) is 6.29 Å². The quantitative estimate of drug-likeness (QED) is 0.112. The first-order valence-corrected chi connectivity index (χ1v) is 13.1. The van der Waals surface area contributed by atoms with Gasteiger partial charge in [-0.2, -0.15) is 0 Å². The Morgan fingerprint density at radius 3 is 1.44 bits per heavy atom. The molecule has 3 heteroatoms. The van der Waals surface area contributed by atoms with Gasteiger partial charge in [0.05, 0.1) is 4.58 Å². The topological polar surface area (TPSA) is 17.1 Å². The van der Waals surface area contributed by atoms with Crippen LogP contribution in [0.5, 0.6) is 0 Å². The van der Waals surface area contributed by atoms with E-state index in [0.717, 1.165) is 19.1 Å². The minimum atomic E-state index is 0.644. The Hall–Kier alpha value is 0.370. The Morgan fingerprint density at radius 2 is 1.04 bits per heavy atom. The maximum atomic E-state index is 10.7. The second-order valence-electron chi connectivity index (χ2n) is 7.16. The van der Waals surface area contributed by atoms with Crippen LogP contribution in [-0.4, -0.2) is 22.4 Å². The van der Waals surface area contributed by atoms with E-state index in [2.05, 4.69) is 37.4 Å². The normalized spacial score (nSPS) is 11.3. The van der Waals surface area contributed by atoms with Crippen LogP contribution in [0.25, 0.3) is 0 Å². The summed E-state index contributed by atoms with van der Waals surface area (Å²) in [4.78, 5) is 10.7. The zero-order valence-electron chi connectivity index (χ0n) is 17.1. The van der Waals surface area contributed by atoms with E-state index in [1.165, 1.54) is 101 Å². The summed E-state index contributed by atoms with van der Waals surface area (Å²) in [5.74, 6) is 2.56. The van der Waals surface area contributed by atoms with Crippen LogP contribution in [0.15, 0.2) is 0 Å². The molecule has 0 radical (unpaired) electrons. The first kappa shape index (κ1) is 25.4. The Morgan fingerprint density at radius 1 is 0.640 bits per heavy atom. The molecule has 0 saturated carbocycles. The van der Waals surface area contributed by atoms with Crippen LogP contribution in [0.3, 0.4) is 0 Å². The smallest absolute Gasteiger partial charge is 0.120 e. The number of thioether (sulfide) groups is 2. The third-order valence-electron chi connectivity index (χ3n) is 4.62. The summed E-state index contributed by atoms with van der Waals surface area (Å²) >= 11 is 4.22. The summed E-state index contributed by atoms with van der Waals surface area (Å²) < 4.78 is 0.644. The third kappa shape index (κ3) is 20.5. The lowest BCUT2D eigenvalue weighted by Crippen LogP contribution is -2.01. The molecule has 0 unspecified atom stereocenters. The van der Waals surface area contributed by atoms with Crippen LogP contribution < -0.4 is 0 Å². The number of aldehydes is 1. The van der Waals surface area contributed by atoms with Gasteiger partial charge in [0.2, 0.25) is 0 Å². The van der Waals surface area contributed by atoms with Crippen LogP contribution >= 0.6 is 23.5 Å². The van der Waals surface area contributed by atoms with Crippen LogP contribution in [0.4, 0.5) is 0 Å². The van der Waals surface area contributed by atoms with Gasteiger partial charge in [0, 0.05) is 6.42 Å². The minimum absolute atomic E-state index is 0.644. The van der Waals surface area contributed by atoms with Crippen LogP contribution in [0.1, 0.15) is 117 Å². The second kappa shape index (κ2) is 22.4. The fourth-order valence-electron chi connectivity index (χ4n) is 2.97. The summed E-state index contributed by atoms with van der Waals surface area (Å²) in [5.41, 5.74) is 0. The highest BCUT2D eigenvalue weighted by Gasteiger charge is 2.09. The first-order valence-electron chi connectivity index (χ1n) is 11.0. The predicted molar refractivity (Wildman–Crippen MR) is 120 cm³/mol. The maximum Gasteiger partial charge on any atom is 0.120 e. The first-order chi connectivity index (χ1) is 12.3. The molecular formula is C22H44OS2. The average molecular weight is 389 g/mol. The van der Waals surface area contributed by atoms with Crippen molar-refractivity contribution in [3.8, 4) is 0 Å². The highest BCUT2D eigenvalue weighted by molar-refractivity contribution is 8.17. The lowest BCUT2D eigenvalue weighted by atomic mass is 10.1. The van der Waals surface area contributed by atoms with Crippen LogP contribution in [0, 0.1) is 0 Å². The highest BCUT2D eigenvalue weighted by atomic mass is 32.2. The molecule has 0 bridgehead atoms. The van der Waals surface area contributed by atoms with Crippen LogP contribution in [-0.2, 0) is 4.79 Å². The van der Waals surface area contributed by atoms with E-state index in [1.807, 2.05) is 0 Å². The zero-order chi connectivity index (χ0) is 18.4. The van der Waals surface area contributed by atoms with Crippen molar-refractivity contribution < 1.29 is 4.79 Å². The number of rotatable bonds is 21. The minimum Gasteiger partial charge on any atom is -0.303 e. The van der Waals surface area contributed by atoms with Gasteiger partial charge in [-0.1, -0.05) is 90.9 Å². The maximum absolute atomic E-state index is 10.7. The van der Waals surface area contributed by atoms with Crippen LogP contribution in [0.2, 0.25) is 0 Å². The van der Waals surface area contributed by atoms with E-state index in [0.29, 0.717) is 4.58 Å². The van der Waals surface area contributed by atoms with Crippen molar-refractivity contribution in [2.45, 2.75) is 121 Å². The fraction of sp³-hybridized carbons (Fsp3) is 0.955. The van der Waals surface area contributed by atoms with Crippen molar-refractivity contribution in [2.24, 2.45) is 0 Å². The molecule has 0 aliphatic heterocycles. The summed E-state index contributed by atoms with van der Waals surface area (Å²) in [7, 11) is 0. The Balaban J connectivity index is 3.56. The molecule has 1 nitrogen and oxygen atoms in total. The molecule has 0 fully saturated rings. The summed E-state index contributed by atoms with van der Waals surface area (Å²) in [6, 6.07) is 0. The fourth-order valence-corrected chi connectivity index (χ4v) is 5.80. The van der Waals surface area contributed by atoms with E-state index in [1.54, 1.807) is 0 Å².